The molecule has 564 valence electrons. The van der Waals surface area contributed by atoms with Crippen molar-refractivity contribution in [2.24, 2.45) is 5.92 Å². The topological polar surface area (TPSA) is 237 Å². The van der Waals surface area contributed by atoms with Gasteiger partial charge in [-0.1, -0.05) is 349 Å². The summed E-state index contributed by atoms with van der Waals surface area (Å²) in [5.41, 5.74) is 0. The molecule has 0 spiro atoms. The van der Waals surface area contributed by atoms with Gasteiger partial charge in [0, 0.05) is 25.7 Å². The molecule has 0 bridgehead atoms. The van der Waals surface area contributed by atoms with E-state index in [1.165, 1.54) is 218 Å². The van der Waals surface area contributed by atoms with Gasteiger partial charge in [-0.05, 0) is 31.6 Å². The van der Waals surface area contributed by atoms with Crippen LogP contribution in [0.3, 0.4) is 0 Å². The van der Waals surface area contributed by atoms with Crippen molar-refractivity contribution in [1.82, 2.24) is 0 Å². The Morgan fingerprint density at radius 2 is 0.484 bits per heavy atom. The maximum absolute atomic E-state index is 13.1. The fourth-order valence-electron chi connectivity index (χ4n) is 11.7. The van der Waals surface area contributed by atoms with Crippen LogP contribution in [0.15, 0.2) is 0 Å². The zero-order valence-corrected chi connectivity index (χ0v) is 63.6. The number of esters is 4. The van der Waals surface area contributed by atoms with Gasteiger partial charge in [0.1, 0.15) is 19.3 Å². The fraction of sp³-hybridized carbons (Fsp3) is 0.947. The van der Waals surface area contributed by atoms with Crippen molar-refractivity contribution >= 4 is 39.5 Å². The number of aliphatic hydroxyl groups is 1. The third-order valence-corrected chi connectivity index (χ3v) is 19.7. The number of hydrogen-bond acceptors (Lipinski definition) is 15. The van der Waals surface area contributed by atoms with E-state index >= 15 is 0 Å². The van der Waals surface area contributed by atoms with Gasteiger partial charge in [-0.2, -0.15) is 0 Å². The molecule has 5 atom stereocenters. The molecule has 0 amide bonds. The number of rotatable bonds is 76. The number of carbonyl (C=O) groups is 4. The Balaban J connectivity index is 5.20. The summed E-state index contributed by atoms with van der Waals surface area (Å²) in [6.45, 7) is 7.24. The van der Waals surface area contributed by atoms with E-state index in [9.17, 15) is 43.2 Å². The first-order chi connectivity index (χ1) is 46.0. The van der Waals surface area contributed by atoms with Gasteiger partial charge < -0.3 is 33.8 Å². The van der Waals surface area contributed by atoms with Gasteiger partial charge in [0.05, 0.1) is 26.4 Å². The highest BCUT2D eigenvalue weighted by Crippen LogP contribution is 2.45. The number of hydrogen-bond donors (Lipinski definition) is 3. The lowest BCUT2D eigenvalue weighted by Gasteiger charge is -2.21. The highest BCUT2D eigenvalue weighted by molar-refractivity contribution is 7.47. The molecule has 0 fully saturated rings. The van der Waals surface area contributed by atoms with E-state index in [0.29, 0.717) is 25.7 Å². The monoisotopic (exact) mass is 1400 g/mol. The molecule has 95 heavy (non-hydrogen) atoms. The molecule has 17 nitrogen and oxygen atoms in total. The molecule has 0 aromatic heterocycles. The molecule has 0 aliphatic carbocycles. The normalized spacial score (nSPS) is 13.9. The molecule has 0 aromatic carbocycles. The van der Waals surface area contributed by atoms with Crippen LogP contribution in [0, 0.1) is 5.92 Å². The van der Waals surface area contributed by atoms with E-state index in [2.05, 4.69) is 34.6 Å². The predicted molar refractivity (Wildman–Crippen MR) is 386 cm³/mol. The highest BCUT2D eigenvalue weighted by atomic mass is 31.2. The Morgan fingerprint density at radius 1 is 0.284 bits per heavy atom. The van der Waals surface area contributed by atoms with Crippen LogP contribution in [0.4, 0.5) is 0 Å². The van der Waals surface area contributed by atoms with Crippen LogP contribution in [0.1, 0.15) is 401 Å². The molecular weight excluding hydrogens is 1250 g/mol. The van der Waals surface area contributed by atoms with Gasteiger partial charge in [-0.15, -0.1) is 0 Å². The Kier molecular flexibility index (Phi) is 67.7. The summed E-state index contributed by atoms with van der Waals surface area (Å²) in [6.07, 6.45) is 58.4. The van der Waals surface area contributed by atoms with Crippen molar-refractivity contribution in [2.45, 2.75) is 419 Å². The van der Waals surface area contributed by atoms with E-state index in [0.717, 1.165) is 102 Å². The van der Waals surface area contributed by atoms with Crippen LogP contribution < -0.4 is 0 Å². The van der Waals surface area contributed by atoms with Gasteiger partial charge in [0.15, 0.2) is 12.2 Å². The number of aliphatic hydroxyl groups excluding tert-OH is 1. The summed E-state index contributed by atoms with van der Waals surface area (Å²) in [5, 5.41) is 10.6. The molecule has 0 saturated heterocycles. The first-order valence-corrected chi connectivity index (χ1v) is 42.6. The van der Waals surface area contributed by atoms with Gasteiger partial charge in [0.25, 0.3) is 0 Å². The summed E-state index contributed by atoms with van der Waals surface area (Å²) in [6, 6.07) is 0. The first kappa shape index (κ1) is 93.1. The molecule has 3 N–H and O–H groups in total. The van der Waals surface area contributed by atoms with Gasteiger partial charge in [-0.25, -0.2) is 9.13 Å². The molecule has 0 aliphatic rings. The molecular formula is C76H148O17P2. The van der Waals surface area contributed by atoms with Crippen LogP contribution in [0.5, 0.6) is 0 Å². The largest absolute Gasteiger partial charge is 0.472 e. The number of unbranched alkanes of at least 4 members (excludes halogenated alkanes) is 48. The number of carbonyl (C=O) groups excluding carboxylic acids is 4. The lowest BCUT2D eigenvalue weighted by molar-refractivity contribution is -0.161. The standard InChI is InChI=1S/C76H148O17P2/c1-6-9-12-15-18-21-23-25-27-29-31-33-35-37-41-46-51-56-61-75(80)92-72(66-87-74(79)60-55-50-45-40-36-34-32-30-28-26-24-22-19-16-13-10-7-2)68-91-95(84,85)89-64-70(77)63-88-94(82,83)90-67-71(65-86-73(78)59-54-49-44-20-17-14-11-8-3)93-76(81)62-57-52-47-42-38-39-43-48-53-58-69(4)5/h69-72,77H,6-68H2,1-5H3,(H,82,83)(H,84,85)/t70-,71+,72+/m0/s1. The molecule has 2 unspecified atom stereocenters. The maximum Gasteiger partial charge on any atom is 0.472 e. The SMILES string of the molecule is CCCCCCCCCCCCCCCCCCCCC(=O)O[C@H](COC(=O)CCCCCCCCCCCCCCCCCCC)COP(=O)(O)OC[C@@H](O)COP(=O)(O)OC[C@@H](COC(=O)CCCCCCCCCC)OC(=O)CCCCCCCCCCCC(C)C. The maximum atomic E-state index is 13.1. The number of ether oxygens (including phenoxy) is 4. The number of phosphoric ester groups is 2. The van der Waals surface area contributed by atoms with E-state index < -0.39 is 97.5 Å². The van der Waals surface area contributed by atoms with Crippen LogP contribution in [0.25, 0.3) is 0 Å². The third-order valence-electron chi connectivity index (χ3n) is 17.8. The Labute approximate surface area is 581 Å². The van der Waals surface area contributed by atoms with E-state index in [-0.39, 0.29) is 25.7 Å². The van der Waals surface area contributed by atoms with E-state index in [1.54, 1.807) is 0 Å². The molecule has 0 rings (SSSR count). The quantitative estimate of drug-likeness (QED) is 0.0222. The fourth-order valence-corrected chi connectivity index (χ4v) is 13.3. The Hall–Kier alpha value is -1.94. The average molecular weight is 1400 g/mol. The summed E-state index contributed by atoms with van der Waals surface area (Å²) >= 11 is 0. The lowest BCUT2D eigenvalue weighted by atomic mass is 10.0. The van der Waals surface area contributed by atoms with Crippen LogP contribution in [0.2, 0.25) is 0 Å². The minimum absolute atomic E-state index is 0.106. The minimum atomic E-state index is -4.96. The molecule has 0 aromatic rings. The van der Waals surface area contributed by atoms with Gasteiger partial charge >= 0.3 is 39.5 Å². The molecule has 0 radical (unpaired) electrons. The summed E-state index contributed by atoms with van der Waals surface area (Å²) < 4.78 is 68.5. The molecule has 19 heteroatoms. The smallest absolute Gasteiger partial charge is 0.462 e. The number of phosphoric acid groups is 2. The average Bonchev–Trinajstić information content (AvgIpc) is 1.76. The lowest BCUT2D eigenvalue weighted by Crippen LogP contribution is -2.30. The molecule has 0 saturated carbocycles. The van der Waals surface area contributed by atoms with Crippen molar-refractivity contribution in [3.05, 3.63) is 0 Å². The first-order valence-electron chi connectivity index (χ1n) is 39.6. The third kappa shape index (κ3) is 70.3. The summed E-state index contributed by atoms with van der Waals surface area (Å²) in [5.74, 6) is -1.38. The second-order valence-corrected chi connectivity index (χ2v) is 30.8. The Bertz CT molecular complexity index is 1820. The predicted octanol–water partition coefficient (Wildman–Crippen LogP) is 22.5. The summed E-state index contributed by atoms with van der Waals surface area (Å²) in [4.78, 5) is 72.7. The van der Waals surface area contributed by atoms with Gasteiger partial charge in [0.2, 0.25) is 0 Å². The van der Waals surface area contributed by atoms with Crippen molar-refractivity contribution in [1.29, 1.82) is 0 Å². The molecule has 0 aliphatic heterocycles. The van der Waals surface area contributed by atoms with E-state index in [1.807, 2.05) is 0 Å². The van der Waals surface area contributed by atoms with Crippen molar-refractivity contribution in [3.8, 4) is 0 Å². The van der Waals surface area contributed by atoms with Crippen LogP contribution in [-0.2, 0) is 65.4 Å². The summed E-state index contributed by atoms with van der Waals surface area (Å²) in [7, 11) is -9.91. The van der Waals surface area contributed by atoms with Crippen molar-refractivity contribution in [3.63, 3.8) is 0 Å². The van der Waals surface area contributed by atoms with Crippen LogP contribution >= 0.6 is 15.6 Å². The highest BCUT2D eigenvalue weighted by Gasteiger charge is 2.30. The van der Waals surface area contributed by atoms with Crippen molar-refractivity contribution < 1.29 is 80.2 Å². The zero-order chi connectivity index (χ0) is 69.8. The minimum Gasteiger partial charge on any atom is -0.462 e. The van der Waals surface area contributed by atoms with E-state index in [4.69, 9.17) is 37.0 Å². The van der Waals surface area contributed by atoms with Crippen molar-refractivity contribution in [2.75, 3.05) is 39.6 Å². The zero-order valence-electron chi connectivity index (χ0n) is 61.8. The Morgan fingerprint density at radius 3 is 0.716 bits per heavy atom. The molecule has 0 heterocycles. The second kappa shape index (κ2) is 69.2. The van der Waals surface area contributed by atoms with Crippen LogP contribution in [-0.4, -0.2) is 96.7 Å². The second-order valence-electron chi connectivity index (χ2n) is 27.9. The van der Waals surface area contributed by atoms with Gasteiger partial charge in [-0.3, -0.25) is 37.3 Å².